The van der Waals surface area contributed by atoms with Gasteiger partial charge in [-0.2, -0.15) is 0 Å². The maximum atomic E-state index is 11.7. The van der Waals surface area contributed by atoms with Crippen LogP contribution in [0.1, 0.15) is 45.4 Å². The first kappa shape index (κ1) is 17.3. The average Bonchev–Trinajstić information content (AvgIpc) is 3.17. The van der Waals surface area contributed by atoms with Gasteiger partial charge in [0.15, 0.2) is 0 Å². The summed E-state index contributed by atoms with van der Waals surface area (Å²) in [5.74, 6) is 0.0695. The van der Waals surface area contributed by atoms with Gasteiger partial charge < -0.3 is 10.1 Å². The first-order valence-electron chi connectivity index (χ1n) is 8.90. The van der Waals surface area contributed by atoms with Crippen LogP contribution in [-0.4, -0.2) is 18.0 Å². The van der Waals surface area contributed by atoms with E-state index in [1.165, 1.54) is 7.11 Å². The third-order valence-electron chi connectivity index (χ3n) is 5.55. The number of rotatable bonds is 3. The Balaban J connectivity index is 1.74. The highest BCUT2D eigenvalue weighted by molar-refractivity contribution is 5.89. The Labute approximate surface area is 157 Å². The van der Waals surface area contributed by atoms with Crippen molar-refractivity contribution < 1.29 is 14.5 Å². The van der Waals surface area contributed by atoms with Gasteiger partial charge in [-0.05, 0) is 48.1 Å². The lowest BCUT2D eigenvalue weighted by Gasteiger charge is -2.38. The van der Waals surface area contributed by atoms with Crippen LogP contribution < -0.4 is 5.32 Å². The van der Waals surface area contributed by atoms with E-state index < -0.39 is 0 Å². The van der Waals surface area contributed by atoms with E-state index in [4.69, 9.17) is 4.74 Å². The lowest BCUT2D eigenvalue weighted by Crippen LogP contribution is -2.29. The molecule has 1 aliphatic carbocycles. The minimum atomic E-state index is -0.355. The van der Waals surface area contributed by atoms with E-state index >= 15 is 0 Å². The van der Waals surface area contributed by atoms with Crippen LogP contribution in [0, 0.1) is 23.0 Å². The van der Waals surface area contributed by atoms with Gasteiger partial charge in [-0.15, -0.1) is 0 Å². The van der Waals surface area contributed by atoms with Crippen LogP contribution in [0.4, 0.5) is 11.4 Å². The van der Waals surface area contributed by atoms with E-state index in [0.717, 1.165) is 28.8 Å². The Kier molecular flexibility index (Phi) is 4.18. The second kappa shape index (κ2) is 6.54. The number of allylic oxidation sites excluding steroid dienone is 2. The van der Waals surface area contributed by atoms with Gasteiger partial charge in [-0.1, -0.05) is 24.3 Å². The normalized spacial score (nSPS) is 22.5. The van der Waals surface area contributed by atoms with Gasteiger partial charge in [0, 0.05) is 23.7 Å². The third-order valence-corrected chi connectivity index (χ3v) is 5.55. The molecule has 138 valence electrons. The molecule has 0 saturated heterocycles. The number of nitrogens with one attached hydrogen (secondary N) is 1. The number of non-ortho nitro benzene ring substituents is 1. The number of benzene rings is 2. The number of esters is 1. The zero-order valence-corrected chi connectivity index (χ0v) is 15.1. The molecular weight excluding hydrogens is 344 g/mol. The van der Waals surface area contributed by atoms with Gasteiger partial charge in [0.25, 0.3) is 5.69 Å². The van der Waals surface area contributed by atoms with Crippen LogP contribution in [0.3, 0.4) is 0 Å². The van der Waals surface area contributed by atoms with Crippen molar-refractivity contribution in [2.75, 3.05) is 12.4 Å². The van der Waals surface area contributed by atoms with Crippen molar-refractivity contribution in [2.45, 2.75) is 25.3 Å². The maximum Gasteiger partial charge on any atom is 0.337 e. The number of fused-ring (bicyclic) bond motifs is 3. The fourth-order valence-electron chi connectivity index (χ4n) is 4.25. The minimum absolute atomic E-state index is 0.0735. The first-order valence-corrected chi connectivity index (χ1v) is 8.90. The number of ether oxygens (including phenoxy) is 1. The van der Waals surface area contributed by atoms with Crippen LogP contribution >= 0.6 is 0 Å². The molecule has 0 spiro atoms. The SMILES string of the molecule is COC(=O)c1ccc(C2Nc3c(C)cc([N+](=O)[O-])cc3C3C=CCC32)cc1. The molecule has 2 aliphatic rings. The van der Waals surface area contributed by atoms with Gasteiger partial charge in [-0.3, -0.25) is 10.1 Å². The number of nitrogens with zero attached hydrogens (tertiary/aromatic N) is 1. The fourth-order valence-corrected chi connectivity index (χ4v) is 4.25. The summed E-state index contributed by atoms with van der Waals surface area (Å²) in [6.07, 6.45) is 5.21. The van der Waals surface area contributed by atoms with Gasteiger partial charge >= 0.3 is 5.97 Å². The molecule has 0 fully saturated rings. The van der Waals surface area contributed by atoms with Crippen molar-refractivity contribution in [1.82, 2.24) is 0 Å². The van der Waals surface area contributed by atoms with Gasteiger partial charge in [0.1, 0.15) is 0 Å². The average molecular weight is 364 g/mol. The van der Waals surface area contributed by atoms with E-state index in [9.17, 15) is 14.9 Å². The lowest BCUT2D eigenvalue weighted by atomic mass is 9.76. The highest BCUT2D eigenvalue weighted by Crippen LogP contribution is 2.51. The van der Waals surface area contributed by atoms with Crippen molar-refractivity contribution in [1.29, 1.82) is 0 Å². The quantitative estimate of drug-likeness (QED) is 0.375. The molecule has 3 unspecified atom stereocenters. The molecule has 0 saturated carbocycles. The molecule has 3 atom stereocenters. The molecule has 0 aromatic heterocycles. The maximum absolute atomic E-state index is 11.7. The Bertz CT molecular complexity index is 949. The zero-order chi connectivity index (χ0) is 19.1. The number of anilines is 1. The second-order valence-electron chi connectivity index (χ2n) is 7.07. The Hall–Kier alpha value is -3.15. The van der Waals surface area contributed by atoms with E-state index in [1.54, 1.807) is 24.3 Å². The summed E-state index contributed by atoms with van der Waals surface area (Å²) in [5, 5.41) is 14.9. The molecule has 1 aliphatic heterocycles. The summed E-state index contributed by atoms with van der Waals surface area (Å²) >= 11 is 0. The molecule has 27 heavy (non-hydrogen) atoms. The summed E-state index contributed by atoms with van der Waals surface area (Å²) in [4.78, 5) is 22.6. The molecule has 2 aromatic carbocycles. The van der Waals surface area contributed by atoms with E-state index in [1.807, 2.05) is 19.1 Å². The van der Waals surface area contributed by atoms with Crippen LogP contribution in [0.15, 0.2) is 48.6 Å². The molecule has 6 nitrogen and oxygen atoms in total. The third kappa shape index (κ3) is 2.87. The number of carbonyl (C=O) groups excluding carboxylic acids is 1. The number of aryl methyl sites for hydroxylation is 1. The molecule has 1 heterocycles. The van der Waals surface area contributed by atoms with Crippen LogP contribution in [0.25, 0.3) is 0 Å². The summed E-state index contributed by atoms with van der Waals surface area (Å²) < 4.78 is 4.76. The van der Waals surface area contributed by atoms with Gasteiger partial charge in [-0.25, -0.2) is 4.79 Å². The molecule has 0 radical (unpaired) electrons. The predicted octanol–water partition coefficient (Wildman–Crippen LogP) is 4.52. The summed E-state index contributed by atoms with van der Waals surface area (Å²) in [6, 6.07) is 10.8. The zero-order valence-electron chi connectivity index (χ0n) is 15.1. The summed E-state index contributed by atoms with van der Waals surface area (Å²) in [6.45, 7) is 1.90. The molecule has 1 N–H and O–H groups in total. The molecular formula is C21H20N2O4. The van der Waals surface area contributed by atoms with E-state index in [0.29, 0.717) is 5.56 Å². The highest BCUT2D eigenvalue weighted by atomic mass is 16.6. The smallest absolute Gasteiger partial charge is 0.337 e. The number of hydrogen-bond donors (Lipinski definition) is 1. The molecule has 0 bridgehead atoms. The van der Waals surface area contributed by atoms with Crippen LogP contribution in [0.5, 0.6) is 0 Å². The largest absolute Gasteiger partial charge is 0.465 e. The number of carbonyl (C=O) groups is 1. The number of nitro benzene ring substituents is 1. The second-order valence-corrected chi connectivity index (χ2v) is 7.07. The molecule has 4 rings (SSSR count). The monoisotopic (exact) mass is 364 g/mol. The summed E-state index contributed by atoms with van der Waals surface area (Å²) in [7, 11) is 1.37. The van der Waals surface area contributed by atoms with Crippen molar-refractivity contribution in [3.63, 3.8) is 0 Å². The lowest BCUT2D eigenvalue weighted by molar-refractivity contribution is -0.385. The Morgan fingerprint density at radius 1 is 1.26 bits per heavy atom. The van der Waals surface area contributed by atoms with Crippen molar-refractivity contribution in [3.8, 4) is 0 Å². The number of nitro groups is 1. The van der Waals surface area contributed by atoms with Crippen LogP contribution in [-0.2, 0) is 4.74 Å². The fraction of sp³-hybridized carbons (Fsp3) is 0.286. The van der Waals surface area contributed by atoms with Crippen molar-refractivity contribution in [3.05, 3.63) is 80.9 Å². The van der Waals surface area contributed by atoms with Crippen LogP contribution in [0.2, 0.25) is 0 Å². The summed E-state index contributed by atoms with van der Waals surface area (Å²) in [5.41, 5.74) is 4.57. The highest BCUT2D eigenvalue weighted by Gasteiger charge is 2.39. The Morgan fingerprint density at radius 3 is 2.67 bits per heavy atom. The van der Waals surface area contributed by atoms with Gasteiger partial charge in [0.2, 0.25) is 0 Å². The predicted molar refractivity (Wildman–Crippen MR) is 102 cm³/mol. The number of methoxy groups -OCH3 is 1. The first-order chi connectivity index (χ1) is 13.0. The number of hydrogen-bond acceptors (Lipinski definition) is 5. The molecule has 2 aromatic rings. The minimum Gasteiger partial charge on any atom is -0.465 e. The molecule has 6 heteroatoms. The van der Waals surface area contributed by atoms with Crippen molar-refractivity contribution in [2.24, 2.45) is 5.92 Å². The van der Waals surface area contributed by atoms with Gasteiger partial charge in [0.05, 0.1) is 23.6 Å². The van der Waals surface area contributed by atoms with E-state index in [-0.39, 0.29) is 34.5 Å². The Morgan fingerprint density at radius 2 is 2.00 bits per heavy atom. The standard InChI is InChI=1S/C21H20N2O4/c1-12-10-15(23(25)26)11-18-16-4-3-5-17(16)20(22-19(12)18)13-6-8-14(9-7-13)21(24)27-2/h3-4,6-11,16-17,20,22H,5H2,1-2H3. The molecule has 0 amide bonds. The van der Waals surface area contributed by atoms with Crippen molar-refractivity contribution >= 4 is 17.3 Å². The topological polar surface area (TPSA) is 81.5 Å². The van der Waals surface area contributed by atoms with E-state index in [2.05, 4.69) is 17.5 Å².